The Kier molecular flexibility index (Phi) is 3.13. The van der Waals surface area contributed by atoms with Gasteiger partial charge in [0, 0.05) is 36.6 Å². The molecule has 2 aromatic heterocycles. The zero-order chi connectivity index (χ0) is 12.5. The van der Waals surface area contributed by atoms with Gasteiger partial charge in [0.15, 0.2) is 5.82 Å². The largest absolute Gasteiger partial charge is 0.382 e. The van der Waals surface area contributed by atoms with Gasteiger partial charge in [-0.15, -0.1) is 0 Å². The van der Waals surface area contributed by atoms with Gasteiger partial charge in [-0.1, -0.05) is 0 Å². The number of rotatable bonds is 4. The molecule has 1 atom stereocenters. The van der Waals surface area contributed by atoms with Gasteiger partial charge < -0.3 is 10.7 Å². The fourth-order valence-corrected chi connectivity index (χ4v) is 3.20. The van der Waals surface area contributed by atoms with Crippen LogP contribution in [0.5, 0.6) is 0 Å². The number of likely N-dealkylation sites (tertiary alicyclic amines) is 1. The van der Waals surface area contributed by atoms with Gasteiger partial charge in [-0.3, -0.25) is 4.90 Å². The molecule has 1 saturated heterocycles. The Bertz CT molecular complexity index is 552. The van der Waals surface area contributed by atoms with Crippen molar-refractivity contribution in [2.45, 2.75) is 19.0 Å². The molecule has 0 radical (unpaired) electrons. The zero-order valence-corrected chi connectivity index (χ0v) is 11.2. The highest BCUT2D eigenvalue weighted by Gasteiger charge is 2.27. The smallest absolute Gasteiger partial charge is 0.151 e. The van der Waals surface area contributed by atoms with Crippen LogP contribution in [0.25, 0.3) is 11.0 Å². The molecule has 1 fully saturated rings. The third-order valence-electron chi connectivity index (χ3n) is 3.57. The van der Waals surface area contributed by atoms with Gasteiger partial charge in [0.05, 0.1) is 5.52 Å². The first-order valence-corrected chi connectivity index (χ1v) is 7.48. The summed E-state index contributed by atoms with van der Waals surface area (Å²) in [6, 6.07) is 0.712. The van der Waals surface area contributed by atoms with Crippen molar-refractivity contribution < 1.29 is 0 Å². The van der Waals surface area contributed by atoms with Gasteiger partial charge in [0.2, 0.25) is 0 Å². The summed E-state index contributed by atoms with van der Waals surface area (Å²) in [5.74, 6) is 1.73. The summed E-state index contributed by atoms with van der Waals surface area (Å²) in [5, 5.41) is 0. The maximum absolute atomic E-state index is 5.82. The van der Waals surface area contributed by atoms with Crippen LogP contribution >= 0.6 is 11.8 Å². The summed E-state index contributed by atoms with van der Waals surface area (Å²) in [7, 11) is 0. The second-order valence-corrected chi connectivity index (χ2v) is 5.58. The van der Waals surface area contributed by atoms with E-state index < -0.39 is 0 Å². The Morgan fingerprint density at radius 2 is 2.44 bits per heavy atom. The lowest BCUT2D eigenvalue weighted by atomic mass is 10.0. The summed E-state index contributed by atoms with van der Waals surface area (Å²) >= 11 is 1.91. The molecule has 1 unspecified atom stereocenters. The molecular weight excluding hydrogens is 246 g/mol. The molecule has 18 heavy (non-hydrogen) atoms. The minimum atomic E-state index is 0.524. The minimum absolute atomic E-state index is 0.524. The van der Waals surface area contributed by atoms with Crippen molar-refractivity contribution in [2.75, 3.05) is 24.3 Å². The van der Waals surface area contributed by atoms with E-state index in [9.17, 15) is 0 Å². The molecule has 1 aliphatic rings. The van der Waals surface area contributed by atoms with Crippen LogP contribution in [0, 0.1) is 0 Å². The highest BCUT2D eigenvalue weighted by Crippen LogP contribution is 2.26. The number of aromatic amines is 1. The van der Waals surface area contributed by atoms with E-state index in [1.165, 1.54) is 30.6 Å². The van der Waals surface area contributed by atoms with Gasteiger partial charge in [-0.2, -0.15) is 11.8 Å². The van der Waals surface area contributed by atoms with E-state index in [2.05, 4.69) is 26.1 Å². The Hall–Kier alpha value is -1.27. The van der Waals surface area contributed by atoms with Crippen LogP contribution in [0.1, 0.15) is 12.0 Å². The van der Waals surface area contributed by atoms with Crippen LogP contribution in [-0.4, -0.2) is 44.4 Å². The highest BCUT2D eigenvalue weighted by molar-refractivity contribution is 7.98. The number of anilines is 1. The van der Waals surface area contributed by atoms with E-state index in [4.69, 9.17) is 5.73 Å². The molecule has 6 heteroatoms. The van der Waals surface area contributed by atoms with Gasteiger partial charge >= 0.3 is 0 Å². The molecule has 3 N–H and O–H groups in total. The predicted molar refractivity (Wildman–Crippen MR) is 75.5 cm³/mol. The van der Waals surface area contributed by atoms with Crippen LogP contribution in [0.15, 0.2) is 12.5 Å². The van der Waals surface area contributed by atoms with Crippen LogP contribution in [-0.2, 0) is 6.54 Å². The van der Waals surface area contributed by atoms with E-state index in [0.717, 1.165) is 17.6 Å². The second kappa shape index (κ2) is 4.78. The first kappa shape index (κ1) is 11.8. The van der Waals surface area contributed by atoms with Crippen LogP contribution < -0.4 is 5.73 Å². The summed E-state index contributed by atoms with van der Waals surface area (Å²) in [4.78, 5) is 14.0. The normalized spacial score (nSPS) is 20.2. The van der Waals surface area contributed by atoms with Crippen molar-refractivity contribution in [2.24, 2.45) is 0 Å². The number of nitrogens with one attached hydrogen (secondary N) is 1. The summed E-state index contributed by atoms with van der Waals surface area (Å²) in [5.41, 5.74) is 8.85. The molecule has 0 aromatic carbocycles. The summed E-state index contributed by atoms with van der Waals surface area (Å²) in [6.07, 6.45) is 7.01. The van der Waals surface area contributed by atoms with Crippen molar-refractivity contribution in [1.82, 2.24) is 19.9 Å². The fourth-order valence-electron chi connectivity index (χ4n) is 2.44. The number of thioether (sulfide) groups is 1. The second-order valence-electron chi connectivity index (χ2n) is 4.66. The molecule has 5 nitrogen and oxygen atoms in total. The van der Waals surface area contributed by atoms with Crippen molar-refractivity contribution >= 4 is 28.6 Å². The van der Waals surface area contributed by atoms with Crippen molar-refractivity contribution in [3.63, 3.8) is 0 Å². The first-order valence-electron chi connectivity index (χ1n) is 6.09. The molecule has 96 valence electrons. The van der Waals surface area contributed by atoms with Crippen LogP contribution in [0.4, 0.5) is 5.82 Å². The third-order valence-corrected chi connectivity index (χ3v) is 4.29. The lowest BCUT2D eigenvalue weighted by Gasteiger charge is -2.40. The highest BCUT2D eigenvalue weighted by atomic mass is 32.2. The first-order chi connectivity index (χ1) is 8.79. The molecule has 0 saturated carbocycles. The van der Waals surface area contributed by atoms with Crippen molar-refractivity contribution in [3.8, 4) is 0 Å². The maximum atomic E-state index is 5.82. The molecule has 3 heterocycles. The molecule has 0 bridgehead atoms. The summed E-state index contributed by atoms with van der Waals surface area (Å²) in [6.45, 7) is 2.13. The Balaban J connectivity index is 1.81. The minimum Gasteiger partial charge on any atom is -0.382 e. The van der Waals surface area contributed by atoms with Crippen molar-refractivity contribution in [1.29, 1.82) is 0 Å². The van der Waals surface area contributed by atoms with Crippen molar-refractivity contribution in [3.05, 3.63) is 18.1 Å². The molecule has 2 aromatic rings. The molecule has 1 aliphatic heterocycles. The number of hydrogen-bond donors (Lipinski definition) is 2. The van der Waals surface area contributed by atoms with Gasteiger partial charge in [-0.25, -0.2) is 9.97 Å². The number of aromatic nitrogens is 3. The maximum Gasteiger partial charge on any atom is 0.151 e. The average Bonchev–Trinajstić information content (AvgIpc) is 2.76. The molecule has 0 spiro atoms. The van der Waals surface area contributed by atoms with Gasteiger partial charge in [-0.05, 0) is 12.7 Å². The van der Waals surface area contributed by atoms with E-state index in [0.29, 0.717) is 11.9 Å². The molecule has 3 rings (SSSR count). The number of fused-ring (bicyclic) bond motifs is 1. The van der Waals surface area contributed by atoms with E-state index in [1.807, 2.05) is 18.0 Å². The SMILES string of the molecule is CSCC1CCN1Cc1c[nH]c2c(N)ncnc12. The Labute approximate surface area is 110 Å². The van der Waals surface area contributed by atoms with E-state index in [1.54, 1.807) is 0 Å². The van der Waals surface area contributed by atoms with Crippen LogP contribution in [0.3, 0.4) is 0 Å². The fraction of sp³-hybridized carbons (Fsp3) is 0.500. The number of nitrogens with two attached hydrogens (primary N) is 1. The van der Waals surface area contributed by atoms with Crippen LogP contribution in [0.2, 0.25) is 0 Å². The lowest BCUT2D eigenvalue weighted by Crippen LogP contribution is -2.48. The third kappa shape index (κ3) is 1.95. The number of nitrogen functional groups attached to an aromatic ring is 1. The predicted octanol–water partition coefficient (Wildman–Crippen LogP) is 1.48. The van der Waals surface area contributed by atoms with Gasteiger partial charge in [0.25, 0.3) is 0 Å². The van der Waals surface area contributed by atoms with E-state index >= 15 is 0 Å². The molecular formula is C12H17N5S. The van der Waals surface area contributed by atoms with E-state index in [-0.39, 0.29) is 0 Å². The zero-order valence-electron chi connectivity index (χ0n) is 10.4. The number of H-pyrrole nitrogens is 1. The average molecular weight is 263 g/mol. The summed E-state index contributed by atoms with van der Waals surface area (Å²) < 4.78 is 0. The Morgan fingerprint density at radius 1 is 1.56 bits per heavy atom. The van der Waals surface area contributed by atoms with Gasteiger partial charge in [0.1, 0.15) is 11.8 Å². The standard InChI is InChI=1S/C12H17N5S/c1-18-6-9-2-3-17(9)5-8-4-14-11-10(8)15-7-16-12(11)13/h4,7,9,14H,2-3,5-6H2,1H3,(H2,13,15,16). The number of nitrogens with zero attached hydrogens (tertiary/aromatic N) is 3. The monoisotopic (exact) mass is 263 g/mol. The molecule has 0 amide bonds. The molecule has 0 aliphatic carbocycles. The lowest BCUT2D eigenvalue weighted by molar-refractivity contribution is 0.0999. The Morgan fingerprint density at radius 3 is 3.17 bits per heavy atom. The topological polar surface area (TPSA) is 70.8 Å². The quantitative estimate of drug-likeness (QED) is 0.874. The number of hydrogen-bond acceptors (Lipinski definition) is 5.